The molecular weight excluding hydrogens is 393 g/mol. The quantitative estimate of drug-likeness (QED) is 0.614. The molecular formula is C23H21F3N2O2. The molecule has 7 heteroatoms. The van der Waals surface area contributed by atoms with Gasteiger partial charge < -0.3 is 9.88 Å². The third-order valence-corrected chi connectivity index (χ3v) is 4.79. The number of nitrogens with one attached hydrogen (secondary N) is 1. The molecule has 30 heavy (non-hydrogen) atoms. The lowest BCUT2D eigenvalue weighted by molar-refractivity contribution is -0.137. The van der Waals surface area contributed by atoms with Crippen LogP contribution >= 0.6 is 0 Å². The summed E-state index contributed by atoms with van der Waals surface area (Å²) in [5, 5.41) is 2.79. The summed E-state index contributed by atoms with van der Waals surface area (Å²) >= 11 is 0. The van der Waals surface area contributed by atoms with Crippen LogP contribution in [0.15, 0.2) is 77.7 Å². The second-order valence-corrected chi connectivity index (χ2v) is 7.14. The van der Waals surface area contributed by atoms with Crippen LogP contribution in [0.2, 0.25) is 0 Å². The van der Waals surface area contributed by atoms with Crippen molar-refractivity contribution in [3.8, 4) is 0 Å². The number of halogens is 3. The lowest BCUT2D eigenvalue weighted by Gasteiger charge is -2.14. The van der Waals surface area contributed by atoms with Crippen LogP contribution in [0.5, 0.6) is 0 Å². The number of hydrogen-bond acceptors (Lipinski definition) is 2. The molecule has 1 aromatic heterocycles. The van der Waals surface area contributed by atoms with E-state index in [-0.39, 0.29) is 23.8 Å². The Morgan fingerprint density at radius 3 is 2.27 bits per heavy atom. The summed E-state index contributed by atoms with van der Waals surface area (Å²) in [6.45, 7) is 2.22. The number of amides is 1. The molecule has 0 radical (unpaired) electrons. The average Bonchev–Trinajstić information content (AvgIpc) is 2.70. The molecule has 1 heterocycles. The maximum atomic E-state index is 12.7. The Morgan fingerprint density at radius 1 is 1.00 bits per heavy atom. The van der Waals surface area contributed by atoms with Gasteiger partial charge in [0.25, 0.3) is 5.56 Å². The summed E-state index contributed by atoms with van der Waals surface area (Å²) in [4.78, 5) is 24.1. The summed E-state index contributed by atoms with van der Waals surface area (Å²) < 4.78 is 39.6. The van der Waals surface area contributed by atoms with Gasteiger partial charge in [-0.1, -0.05) is 37.3 Å². The van der Waals surface area contributed by atoms with Crippen LogP contribution in [0.1, 0.15) is 36.0 Å². The number of pyridine rings is 1. The highest BCUT2D eigenvalue weighted by molar-refractivity contribution is 5.91. The van der Waals surface area contributed by atoms with Crippen LogP contribution in [-0.4, -0.2) is 10.5 Å². The van der Waals surface area contributed by atoms with Gasteiger partial charge in [0.15, 0.2) is 0 Å². The van der Waals surface area contributed by atoms with Gasteiger partial charge in [0.2, 0.25) is 5.91 Å². The molecule has 4 nitrogen and oxygen atoms in total. The lowest BCUT2D eigenvalue weighted by Crippen LogP contribution is -2.18. The number of benzene rings is 2. The molecule has 1 atom stereocenters. The van der Waals surface area contributed by atoms with Gasteiger partial charge in [-0.15, -0.1) is 0 Å². The number of carbonyl (C=O) groups excluding carboxylic acids is 1. The van der Waals surface area contributed by atoms with E-state index in [0.717, 1.165) is 17.7 Å². The molecule has 2 aromatic carbocycles. The fourth-order valence-electron chi connectivity index (χ4n) is 3.09. The third kappa shape index (κ3) is 5.59. The Balaban J connectivity index is 1.56. The fraction of sp³-hybridized carbons (Fsp3) is 0.217. The zero-order chi connectivity index (χ0) is 21.7. The number of carbonyl (C=O) groups is 1. The van der Waals surface area contributed by atoms with E-state index in [1.807, 2.05) is 12.1 Å². The van der Waals surface area contributed by atoms with Crippen molar-refractivity contribution in [3.05, 3.63) is 100.0 Å². The number of aromatic nitrogens is 1. The van der Waals surface area contributed by atoms with E-state index in [1.54, 1.807) is 42.0 Å². The predicted octanol–water partition coefficient (Wildman–Crippen LogP) is 5.05. The minimum Gasteiger partial charge on any atom is -0.326 e. The van der Waals surface area contributed by atoms with Crippen molar-refractivity contribution in [1.82, 2.24) is 4.57 Å². The zero-order valence-corrected chi connectivity index (χ0v) is 16.3. The third-order valence-electron chi connectivity index (χ3n) is 4.79. The van der Waals surface area contributed by atoms with Crippen LogP contribution in [0.3, 0.4) is 0 Å². The van der Waals surface area contributed by atoms with E-state index in [4.69, 9.17) is 0 Å². The van der Waals surface area contributed by atoms with Gasteiger partial charge in [0.1, 0.15) is 0 Å². The molecule has 0 aliphatic rings. The summed E-state index contributed by atoms with van der Waals surface area (Å²) in [6.07, 6.45) is -2.52. The lowest BCUT2D eigenvalue weighted by atomic mass is 9.96. The maximum absolute atomic E-state index is 12.7. The molecule has 0 spiro atoms. The van der Waals surface area contributed by atoms with E-state index in [9.17, 15) is 22.8 Å². The second-order valence-electron chi connectivity index (χ2n) is 7.14. The van der Waals surface area contributed by atoms with Crippen molar-refractivity contribution in [1.29, 1.82) is 0 Å². The smallest absolute Gasteiger partial charge is 0.326 e. The Bertz CT molecular complexity index is 1060. The summed E-state index contributed by atoms with van der Waals surface area (Å²) in [5.41, 5.74) is 1.40. The van der Waals surface area contributed by atoms with Crippen LogP contribution in [0.4, 0.5) is 18.9 Å². The number of rotatable bonds is 6. The molecule has 3 rings (SSSR count). The molecule has 0 fully saturated rings. The first kappa shape index (κ1) is 21.4. The Hall–Kier alpha value is -3.35. The van der Waals surface area contributed by atoms with Gasteiger partial charge in [-0.3, -0.25) is 9.59 Å². The first-order chi connectivity index (χ1) is 14.2. The normalized spacial score (nSPS) is 12.4. The van der Waals surface area contributed by atoms with Crippen LogP contribution in [0.25, 0.3) is 0 Å². The van der Waals surface area contributed by atoms with Gasteiger partial charge in [0.05, 0.1) is 12.1 Å². The molecule has 1 unspecified atom stereocenters. The molecule has 1 amide bonds. The standard InChI is InChI=1S/C23H21F3N2O2/c1-16(18-7-9-19(10-8-18)23(24,25)26)14-21(29)27-20-11-5-17(6-12-20)15-28-13-3-2-4-22(28)30/h2-13,16H,14-15H2,1H3,(H,27,29). The highest BCUT2D eigenvalue weighted by Gasteiger charge is 2.30. The van der Waals surface area contributed by atoms with Crippen LogP contribution < -0.4 is 10.9 Å². The fourth-order valence-corrected chi connectivity index (χ4v) is 3.09. The van der Waals surface area contributed by atoms with Gasteiger partial charge in [0, 0.05) is 24.4 Å². The SMILES string of the molecule is CC(CC(=O)Nc1ccc(Cn2ccccc2=O)cc1)c1ccc(C(F)(F)F)cc1. The van der Waals surface area contributed by atoms with Crippen LogP contribution in [-0.2, 0) is 17.5 Å². The summed E-state index contributed by atoms with van der Waals surface area (Å²) in [5.74, 6) is -0.453. The summed E-state index contributed by atoms with van der Waals surface area (Å²) in [6, 6.07) is 17.0. The molecule has 0 saturated carbocycles. The van der Waals surface area contributed by atoms with Crippen molar-refractivity contribution in [3.63, 3.8) is 0 Å². The molecule has 0 aliphatic carbocycles. The van der Waals surface area contributed by atoms with Crippen LogP contribution in [0, 0.1) is 0 Å². The van der Waals surface area contributed by atoms with Crippen molar-refractivity contribution in [2.45, 2.75) is 32.0 Å². The molecule has 0 aliphatic heterocycles. The minimum absolute atomic E-state index is 0.0906. The van der Waals surface area contributed by atoms with E-state index in [1.165, 1.54) is 18.2 Å². The maximum Gasteiger partial charge on any atom is 0.416 e. The predicted molar refractivity (Wildman–Crippen MR) is 109 cm³/mol. The molecule has 0 saturated heterocycles. The van der Waals surface area contributed by atoms with E-state index in [2.05, 4.69) is 5.32 Å². The van der Waals surface area contributed by atoms with E-state index in [0.29, 0.717) is 17.8 Å². The first-order valence-electron chi connectivity index (χ1n) is 9.44. The highest BCUT2D eigenvalue weighted by Crippen LogP contribution is 2.30. The molecule has 0 bridgehead atoms. The van der Waals surface area contributed by atoms with Gasteiger partial charge in [-0.2, -0.15) is 13.2 Å². The van der Waals surface area contributed by atoms with Crippen molar-refractivity contribution in [2.24, 2.45) is 0 Å². The van der Waals surface area contributed by atoms with Crippen molar-refractivity contribution in [2.75, 3.05) is 5.32 Å². The highest BCUT2D eigenvalue weighted by atomic mass is 19.4. The second kappa shape index (κ2) is 8.98. The largest absolute Gasteiger partial charge is 0.416 e. The average molecular weight is 414 g/mol. The number of nitrogens with zero attached hydrogens (tertiary/aromatic N) is 1. The monoisotopic (exact) mass is 414 g/mol. The first-order valence-corrected chi connectivity index (χ1v) is 9.44. The number of hydrogen-bond donors (Lipinski definition) is 1. The zero-order valence-electron chi connectivity index (χ0n) is 16.3. The molecule has 156 valence electrons. The number of anilines is 1. The molecule has 1 N–H and O–H groups in total. The topological polar surface area (TPSA) is 51.1 Å². The van der Waals surface area contributed by atoms with Gasteiger partial charge in [-0.25, -0.2) is 0 Å². The Labute approximate surface area is 172 Å². The van der Waals surface area contributed by atoms with E-state index < -0.39 is 11.7 Å². The van der Waals surface area contributed by atoms with Gasteiger partial charge >= 0.3 is 6.18 Å². The van der Waals surface area contributed by atoms with Crippen molar-refractivity contribution >= 4 is 11.6 Å². The number of alkyl halides is 3. The Morgan fingerprint density at radius 2 is 1.67 bits per heavy atom. The summed E-state index contributed by atoms with van der Waals surface area (Å²) in [7, 11) is 0. The van der Waals surface area contributed by atoms with Gasteiger partial charge in [-0.05, 0) is 47.4 Å². The van der Waals surface area contributed by atoms with Crippen molar-refractivity contribution < 1.29 is 18.0 Å². The molecule has 3 aromatic rings. The van der Waals surface area contributed by atoms with E-state index >= 15 is 0 Å². The minimum atomic E-state index is -4.38. The Kier molecular flexibility index (Phi) is 6.40.